The van der Waals surface area contributed by atoms with Gasteiger partial charge in [0.15, 0.2) is 0 Å². The Bertz CT molecular complexity index is 1360. The lowest BCUT2D eigenvalue weighted by Crippen LogP contribution is -2.27. The van der Waals surface area contributed by atoms with Crippen LogP contribution in [0.2, 0.25) is 0 Å². The van der Waals surface area contributed by atoms with Gasteiger partial charge in [0.1, 0.15) is 11.4 Å². The fourth-order valence-corrected chi connectivity index (χ4v) is 3.77. The third kappa shape index (κ3) is 4.30. The summed E-state index contributed by atoms with van der Waals surface area (Å²) in [6.07, 6.45) is 3.02. The van der Waals surface area contributed by atoms with E-state index in [1.807, 2.05) is 49.5 Å². The number of amides is 2. The standard InChI is InChI=1S/C26H26N4O4/c1-5-30(2)25(31)20-12-16(10-11-22(20)29-26(32)34-4)17-13-19-21(15-28-24(19)27-14-17)18-8-6-7-9-23(18)33-3/h6-15H,5H2,1-4H3,(H,27,28)(H,29,32). The molecule has 174 valence electrons. The first-order valence-corrected chi connectivity index (χ1v) is 10.8. The Morgan fingerprint density at radius 1 is 1.06 bits per heavy atom. The SMILES string of the molecule is CCN(C)C(=O)c1cc(-c2cnc3[nH]cc(-c4ccccc4OC)c3c2)ccc1NC(=O)OC. The molecule has 2 N–H and O–H groups in total. The number of H-pyrrole nitrogens is 1. The van der Waals surface area contributed by atoms with Crippen LogP contribution in [0.4, 0.5) is 10.5 Å². The topological polar surface area (TPSA) is 96.5 Å². The van der Waals surface area contributed by atoms with Crippen LogP contribution in [0.5, 0.6) is 5.75 Å². The molecule has 2 aromatic carbocycles. The minimum Gasteiger partial charge on any atom is -0.496 e. The zero-order chi connectivity index (χ0) is 24.2. The van der Waals surface area contributed by atoms with Gasteiger partial charge in [-0.15, -0.1) is 0 Å². The molecule has 0 aliphatic rings. The van der Waals surface area contributed by atoms with Gasteiger partial charge in [-0.25, -0.2) is 9.78 Å². The first-order chi connectivity index (χ1) is 16.5. The highest BCUT2D eigenvalue weighted by molar-refractivity contribution is 6.04. The number of rotatable bonds is 6. The Hall–Kier alpha value is -4.33. The molecular weight excluding hydrogens is 432 g/mol. The summed E-state index contributed by atoms with van der Waals surface area (Å²) in [5.74, 6) is 0.559. The van der Waals surface area contributed by atoms with Crippen molar-refractivity contribution in [2.24, 2.45) is 0 Å². The number of ether oxygens (including phenoxy) is 2. The van der Waals surface area contributed by atoms with Gasteiger partial charge in [0, 0.05) is 48.1 Å². The van der Waals surface area contributed by atoms with Crippen molar-refractivity contribution >= 4 is 28.7 Å². The number of nitrogens with one attached hydrogen (secondary N) is 2. The molecule has 2 amide bonds. The van der Waals surface area contributed by atoms with Gasteiger partial charge in [0.2, 0.25) is 0 Å². The predicted molar refractivity (Wildman–Crippen MR) is 132 cm³/mol. The zero-order valence-electron chi connectivity index (χ0n) is 19.5. The summed E-state index contributed by atoms with van der Waals surface area (Å²) in [7, 11) is 4.64. The van der Waals surface area contributed by atoms with Crippen LogP contribution in [0.25, 0.3) is 33.3 Å². The summed E-state index contributed by atoms with van der Waals surface area (Å²) in [5, 5.41) is 3.55. The zero-order valence-corrected chi connectivity index (χ0v) is 19.5. The third-order valence-electron chi connectivity index (χ3n) is 5.75. The highest BCUT2D eigenvalue weighted by Crippen LogP contribution is 2.36. The molecule has 0 radical (unpaired) electrons. The molecule has 0 fully saturated rings. The maximum absolute atomic E-state index is 13.0. The molecule has 4 rings (SSSR count). The van der Waals surface area contributed by atoms with E-state index in [2.05, 4.69) is 15.3 Å². The largest absolute Gasteiger partial charge is 0.496 e. The summed E-state index contributed by atoms with van der Waals surface area (Å²) in [5.41, 5.74) is 5.04. The van der Waals surface area contributed by atoms with Crippen LogP contribution in [0.15, 0.2) is 60.9 Å². The lowest BCUT2D eigenvalue weighted by atomic mass is 9.99. The maximum Gasteiger partial charge on any atom is 0.411 e. The van der Waals surface area contributed by atoms with Gasteiger partial charge in [0.25, 0.3) is 5.91 Å². The van der Waals surface area contributed by atoms with Gasteiger partial charge in [-0.05, 0) is 36.8 Å². The second-order valence-corrected chi connectivity index (χ2v) is 7.72. The van der Waals surface area contributed by atoms with Crippen LogP contribution < -0.4 is 10.1 Å². The molecule has 0 unspecified atom stereocenters. The number of carbonyl (C=O) groups is 2. The monoisotopic (exact) mass is 458 g/mol. The molecule has 2 aromatic heterocycles. The molecule has 0 spiro atoms. The first kappa shape index (κ1) is 22.8. The first-order valence-electron chi connectivity index (χ1n) is 10.8. The van der Waals surface area contributed by atoms with E-state index >= 15 is 0 Å². The number of methoxy groups -OCH3 is 2. The molecule has 34 heavy (non-hydrogen) atoms. The molecule has 0 bridgehead atoms. The molecule has 4 aromatic rings. The number of nitrogens with zero attached hydrogens (tertiary/aromatic N) is 2. The average Bonchev–Trinajstić information content (AvgIpc) is 3.30. The number of hydrogen-bond donors (Lipinski definition) is 2. The van der Waals surface area contributed by atoms with Gasteiger partial charge >= 0.3 is 6.09 Å². The van der Waals surface area contributed by atoms with Gasteiger partial charge in [-0.2, -0.15) is 0 Å². The lowest BCUT2D eigenvalue weighted by Gasteiger charge is -2.18. The second-order valence-electron chi connectivity index (χ2n) is 7.72. The predicted octanol–water partition coefficient (Wildman–Crippen LogP) is 5.18. The number of benzene rings is 2. The van der Waals surface area contributed by atoms with E-state index in [9.17, 15) is 9.59 Å². The smallest absolute Gasteiger partial charge is 0.411 e. The summed E-state index contributed by atoms with van der Waals surface area (Å²) in [6, 6.07) is 15.1. The number of fused-ring (bicyclic) bond motifs is 1. The van der Waals surface area contributed by atoms with Crippen molar-refractivity contribution in [3.8, 4) is 28.0 Å². The van der Waals surface area contributed by atoms with Crippen molar-refractivity contribution in [3.05, 3.63) is 66.5 Å². The van der Waals surface area contributed by atoms with Gasteiger partial charge in [0.05, 0.1) is 25.5 Å². The number of pyridine rings is 1. The molecule has 0 aliphatic carbocycles. The number of anilines is 1. The highest BCUT2D eigenvalue weighted by Gasteiger charge is 2.19. The second kappa shape index (κ2) is 9.66. The number of carbonyl (C=O) groups excluding carboxylic acids is 2. The fraction of sp³-hybridized carbons (Fsp3) is 0.192. The van der Waals surface area contributed by atoms with Crippen molar-refractivity contribution in [3.63, 3.8) is 0 Å². The maximum atomic E-state index is 13.0. The number of aromatic nitrogens is 2. The van der Waals surface area contributed by atoms with Crippen molar-refractivity contribution in [2.75, 3.05) is 33.1 Å². The molecule has 0 saturated heterocycles. The quantitative estimate of drug-likeness (QED) is 0.415. The van der Waals surface area contributed by atoms with E-state index in [4.69, 9.17) is 9.47 Å². The Morgan fingerprint density at radius 3 is 2.59 bits per heavy atom. The number of para-hydroxylation sites is 1. The molecule has 0 saturated carbocycles. The van der Waals surface area contributed by atoms with Crippen molar-refractivity contribution in [2.45, 2.75) is 6.92 Å². The van der Waals surface area contributed by atoms with E-state index < -0.39 is 6.09 Å². The van der Waals surface area contributed by atoms with E-state index in [0.717, 1.165) is 39.0 Å². The summed E-state index contributed by atoms with van der Waals surface area (Å²) in [6.45, 7) is 2.41. The van der Waals surface area contributed by atoms with E-state index in [1.54, 1.807) is 37.4 Å². The number of aromatic amines is 1. The van der Waals surface area contributed by atoms with Crippen molar-refractivity contribution in [1.29, 1.82) is 0 Å². The Balaban J connectivity index is 1.82. The van der Waals surface area contributed by atoms with Crippen LogP contribution in [-0.4, -0.2) is 54.7 Å². The molecule has 8 heteroatoms. The fourth-order valence-electron chi connectivity index (χ4n) is 3.77. The normalized spacial score (nSPS) is 10.7. The lowest BCUT2D eigenvalue weighted by molar-refractivity contribution is 0.0803. The van der Waals surface area contributed by atoms with Crippen molar-refractivity contribution in [1.82, 2.24) is 14.9 Å². The van der Waals surface area contributed by atoms with Crippen LogP contribution in [-0.2, 0) is 4.74 Å². The van der Waals surface area contributed by atoms with Gasteiger partial charge in [-0.3, -0.25) is 10.1 Å². The molecule has 2 heterocycles. The van der Waals surface area contributed by atoms with E-state index in [-0.39, 0.29) is 5.91 Å². The molecular formula is C26H26N4O4. The molecule has 8 nitrogen and oxygen atoms in total. The van der Waals surface area contributed by atoms with Crippen molar-refractivity contribution < 1.29 is 19.1 Å². The Labute approximate surface area is 197 Å². The van der Waals surface area contributed by atoms with Gasteiger partial charge < -0.3 is 19.4 Å². The summed E-state index contributed by atoms with van der Waals surface area (Å²) < 4.78 is 10.2. The Kier molecular flexibility index (Phi) is 6.49. The van der Waals surface area contributed by atoms with Crippen LogP contribution >= 0.6 is 0 Å². The Morgan fingerprint density at radius 2 is 1.85 bits per heavy atom. The van der Waals surface area contributed by atoms with Crippen LogP contribution in [0, 0.1) is 0 Å². The van der Waals surface area contributed by atoms with Crippen LogP contribution in [0.3, 0.4) is 0 Å². The average molecular weight is 459 g/mol. The third-order valence-corrected chi connectivity index (χ3v) is 5.75. The summed E-state index contributed by atoms with van der Waals surface area (Å²) in [4.78, 5) is 34.2. The van der Waals surface area contributed by atoms with E-state index in [0.29, 0.717) is 17.8 Å². The minimum absolute atomic E-state index is 0.207. The van der Waals surface area contributed by atoms with Crippen LogP contribution in [0.1, 0.15) is 17.3 Å². The molecule has 0 atom stereocenters. The molecule has 0 aliphatic heterocycles. The number of hydrogen-bond acceptors (Lipinski definition) is 5. The van der Waals surface area contributed by atoms with Gasteiger partial charge in [-0.1, -0.05) is 24.3 Å². The highest BCUT2D eigenvalue weighted by atomic mass is 16.5. The summed E-state index contributed by atoms with van der Waals surface area (Å²) >= 11 is 0. The minimum atomic E-state index is -0.641. The van der Waals surface area contributed by atoms with E-state index in [1.165, 1.54) is 7.11 Å².